The van der Waals surface area contributed by atoms with Gasteiger partial charge in [-0.05, 0) is 37.5 Å². The standard InChI is InChI=1S/C11H16N2/c1-9-7-10(3-6-13-9)11(8-12)4-2-5-11/h3,6-7H,2,4-5,8,12H2,1H3. The summed E-state index contributed by atoms with van der Waals surface area (Å²) in [5.74, 6) is 0. The molecule has 13 heavy (non-hydrogen) atoms. The zero-order chi connectivity index (χ0) is 9.31. The van der Waals surface area contributed by atoms with Crippen LogP contribution in [0.5, 0.6) is 0 Å². The van der Waals surface area contributed by atoms with E-state index in [-0.39, 0.29) is 5.41 Å². The highest BCUT2D eigenvalue weighted by atomic mass is 14.7. The van der Waals surface area contributed by atoms with Crippen LogP contribution in [-0.2, 0) is 5.41 Å². The van der Waals surface area contributed by atoms with E-state index in [1.807, 2.05) is 13.1 Å². The van der Waals surface area contributed by atoms with Gasteiger partial charge in [-0.15, -0.1) is 0 Å². The Morgan fingerprint density at radius 2 is 2.31 bits per heavy atom. The molecule has 1 aliphatic carbocycles. The molecular formula is C11H16N2. The quantitative estimate of drug-likeness (QED) is 0.746. The Morgan fingerprint density at radius 1 is 1.54 bits per heavy atom. The Bertz CT molecular complexity index is 297. The van der Waals surface area contributed by atoms with Crippen LogP contribution >= 0.6 is 0 Å². The first-order valence-corrected chi connectivity index (χ1v) is 4.90. The van der Waals surface area contributed by atoms with Crippen molar-refractivity contribution in [2.75, 3.05) is 6.54 Å². The van der Waals surface area contributed by atoms with Crippen LogP contribution in [0.1, 0.15) is 30.5 Å². The molecule has 2 rings (SSSR count). The first-order valence-electron chi connectivity index (χ1n) is 4.90. The van der Waals surface area contributed by atoms with Crippen molar-refractivity contribution in [2.24, 2.45) is 5.73 Å². The lowest BCUT2D eigenvalue weighted by Crippen LogP contribution is -2.41. The molecule has 0 amide bonds. The van der Waals surface area contributed by atoms with Gasteiger partial charge in [0.2, 0.25) is 0 Å². The van der Waals surface area contributed by atoms with Gasteiger partial charge in [0.05, 0.1) is 0 Å². The molecule has 0 spiro atoms. The molecule has 1 saturated carbocycles. The van der Waals surface area contributed by atoms with Gasteiger partial charge in [0.15, 0.2) is 0 Å². The molecule has 1 fully saturated rings. The molecule has 2 nitrogen and oxygen atoms in total. The van der Waals surface area contributed by atoms with Crippen LogP contribution in [0.25, 0.3) is 0 Å². The van der Waals surface area contributed by atoms with Crippen molar-refractivity contribution in [3.8, 4) is 0 Å². The van der Waals surface area contributed by atoms with Crippen LogP contribution in [-0.4, -0.2) is 11.5 Å². The average Bonchev–Trinajstić information content (AvgIpc) is 2.03. The van der Waals surface area contributed by atoms with Gasteiger partial charge < -0.3 is 5.73 Å². The highest BCUT2D eigenvalue weighted by Gasteiger charge is 2.37. The molecule has 0 bridgehead atoms. The zero-order valence-corrected chi connectivity index (χ0v) is 8.09. The Kier molecular flexibility index (Phi) is 2.08. The van der Waals surface area contributed by atoms with Gasteiger partial charge in [0.1, 0.15) is 0 Å². The maximum absolute atomic E-state index is 5.83. The predicted molar refractivity (Wildman–Crippen MR) is 53.6 cm³/mol. The van der Waals surface area contributed by atoms with Gasteiger partial charge in [0.25, 0.3) is 0 Å². The highest BCUT2D eigenvalue weighted by Crippen LogP contribution is 2.42. The maximum Gasteiger partial charge on any atom is 0.0375 e. The molecule has 1 aromatic rings. The molecule has 0 aromatic carbocycles. The van der Waals surface area contributed by atoms with E-state index in [0.29, 0.717) is 0 Å². The summed E-state index contributed by atoms with van der Waals surface area (Å²) in [6, 6.07) is 4.28. The van der Waals surface area contributed by atoms with E-state index in [2.05, 4.69) is 17.1 Å². The predicted octanol–water partition coefficient (Wildman–Crippen LogP) is 1.77. The van der Waals surface area contributed by atoms with Crippen molar-refractivity contribution in [1.29, 1.82) is 0 Å². The fourth-order valence-electron chi connectivity index (χ4n) is 2.09. The van der Waals surface area contributed by atoms with Gasteiger partial charge >= 0.3 is 0 Å². The van der Waals surface area contributed by atoms with Crippen molar-refractivity contribution in [3.05, 3.63) is 29.6 Å². The first kappa shape index (κ1) is 8.70. The zero-order valence-electron chi connectivity index (χ0n) is 8.09. The van der Waals surface area contributed by atoms with Crippen LogP contribution < -0.4 is 5.73 Å². The van der Waals surface area contributed by atoms with E-state index < -0.39 is 0 Å². The Morgan fingerprint density at radius 3 is 2.77 bits per heavy atom. The monoisotopic (exact) mass is 176 g/mol. The lowest BCUT2D eigenvalue weighted by Gasteiger charge is -2.41. The van der Waals surface area contributed by atoms with Crippen LogP contribution in [0.2, 0.25) is 0 Å². The number of hydrogen-bond acceptors (Lipinski definition) is 2. The average molecular weight is 176 g/mol. The van der Waals surface area contributed by atoms with Crippen LogP contribution in [0, 0.1) is 6.92 Å². The Labute approximate surface area is 79.2 Å². The van der Waals surface area contributed by atoms with Crippen molar-refractivity contribution in [2.45, 2.75) is 31.6 Å². The molecule has 0 saturated heterocycles. The third-order valence-corrected chi connectivity index (χ3v) is 3.21. The summed E-state index contributed by atoms with van der Waals surface area (Å²) in [7, 11) is 0. The van der Waals surface area contributed by atoms with E-state index in [1.54, 1.807) is 0 Å². The summed E-state index contributed by atoms with van der Waals surface area (Å²) in [6.45, 7) is 2.81. The third kappa shape index (κ3) is 1.35. The normalized spacial score (nSPS) is 19.5. The van der Waals surface area contributed by atoms with Gasteiger partial charge in [-0.2, -0.15) is 0 Å². The summed E-state index contributed by atoms with van der Waals surface area (Å²) in [6.07, 6.45) is 5.69. The molecule has 70 valence electrons. The second kappa shape index (κ2) is 3.11. The lowest BCUT2D eigenvalue weighted by molar-refractivity contribution is 0.253. The van der Waals surface area contributed by atoms with Crippen LogP contribution in [0.4, 0.5) is 0 Å². The summed E-state index contributed by atoms with van der Waals surface area (Å²) >= 11 is 0. The second-order valence-corrected chi connectivity index (χ2v) is 4.02. The smallest absolute Gasteiger partial charge is 0.0375 e. The van der Waals surface area contributed by atoms with Crippen molar-refractivity contribution < 1.29 is 0 Å². The number of nitrogens with two attached hydrogens (primary N) is 1. The fraction of sp³-hybridized carbons (Fsp3) is 0.545. The lowest BCUT2D eigenvalue weighted by atomic mass is 9.64. The molecule has 2 N–H and O–H groups in total. The largest absolute Gasteiger partial charge is 0.330 e. The summed E-state index contributed by atoms with van der Waals surface area (Å²) in [5.41, 5.74) is 8.59. The van der Waals surface area contributed by atoms with Gasteiger partial charge in [0, 0.05) is 23.9 Å². The molecule has 0 unspecified atom stereocenters. The first-order chi connectivity index (χ1) is 6.27. The highest BCUT2D eigenvalue weighted by molar-refractivity contribution is 5.28. The van der Waals surface area contributed by atoms with Crippen molar-refractivity contribution in [1.82, 2.24) is 4.98 Å². The Balaban J connectivity index is 2.33. The number of aryl methyl sites for hydroxylation is 1. The molecule has 0 aliphatic heterocycles. The summed E-state index contributed by atoms with van der Waals surface area (Å²) in [4.78, 5) is 4.21. The van der Waals surface area contributed by atoms with Crippen molar-refractivity contribution in [3.63, 3.8) is 0 Å². The third-order valence-electron chi connectivity index (χ3n) is 3.21. The van der Waals surface area contributed by atoms with Crippen LogP contribution in [0.15, 0.2) is 18.3 Å². The minimum atomic E-state index is 0.285. The molecule has 0 radical (unpaired) electrons. The van der Waals surface area contributed by atoms with Gasteiger partial charge in [-0.3, -0.25) is 4.98 Å². The van der Waals surface area contributed by atoms with Gasteiger partial charge in [-0.1, -0.05) is 6.42 Å². The number of hydrogen-bond donors (Lipinski definition) is 1. The number of nitrogens with zero attached hydrogens (tertiary/aromatic N) is 1. The minimum absolute atomic E-state index is 0.285. The number of aromatic nitrogens is 1. The van der Waals surface area contributed by atoms with E-state index in [0.717, 1.165) is 12.2 Å². The number of rotatable bonds is 2. The summed E-state index contributed by atoms with van der Waals surface area (Å²) in [5, 5.41) is 0. The summed E-state index contributed by atoms with van der Waals surface area (Å²) < 4.78 is 0. The van der Waals surface area contributed by atoms with E-state index >= 15 is 0 Å². The Hall–Kier alpha value is -0.890. The molecule has 1 aliphatic rings. The molecule has 2 heteroatoms. The molecule has 0 atom stereocenters. The molecular weight excluding hydrogens is 160 g/mol. The minimum Gasteiger partial charge on any atom is -0.330 e. The maximum atomic E-state index is 5.83. The van der Waals surface area contributed by atoms with Crippen molar-refractivity contribution >= 4 is 0 Å². The fourth-order valence-corrected chi connectivity index (χ4v) is 2.09. The number of pyridine rings is 1. The van der Waals surface area contributed by atoms with Crippen LogP contribution in [0.3, 0.4) is 0 Å². The SMILES string of the molecule is Cc1cc(C2(CN)CCC2)ccn1. The molecule has 1 aromatic heterocycles. The molecule has 1 heterocycles. The van der Waals surface area contributed by atoms with E-state index in [1.165, 1.54) is 24.8 Å². The second-order valence-electron chi connectivity index (χ2n) is 4.02. The van der Waals surface area contributed by atoms with Gasteiger partial charge in [-0.25, -0.2) is 0 Å². The van der Waals surface area contributed by atoms with E-state index in [9.17, 15) is 0 Å². The topological polar surface area (TPSA) is 38.9 Å². The van der Waals surface area contributed by atoms with E-state index in [4.69, 9.17) is 5.73 Å².